The van der Waals surface area contributed by atoms with E-state index in [0.29, 0.717) is 10.6 Å². The van der Waals surface area contributed by atoms with Crippen LogP contribution in [0.1, 0.15) is 33.6 Å². The van der Waals surface area contributed by atoms with Gasteiger partial charge in [0, 0.05) is 16.8 Å². The fraction of sp³-hybridized carbons (Fsp3) is 0.217. The summed E-state index contributed by atoms with van der Waals surface area (Å²) in [5.74, 6) is 0.691. The number of aryl methyl sites for hydroxylation is 3. The molecule has 0 atom stereocenters. The van der Waals surface area contributed by atoms with E-state index in [9.17, 15) is 0 Å². The molecule has 7 heteroatoms. The molecule has 6 nitrogen and oxygen atoms in total. The molecular weight excluding hydrogens is 392 g/mol. The van der Waals surface area contributed by atoms with Crippen LogP contribution in [0.4, 0.5) is 0 Å². The molecule has 0 saturated heterocycles. The first-order chi connectivity index (χ1) is 14.4. The summed E-state index contributed by atoms with van der Waals surface area (Å²) in [6.45, 7) is 8.92. The number of benzene rings is 2. The number of nitrogens with zero attached hydrogens (tertiary/aromatic N) is 5. The van der Waals surface area contributed by atoms with Crippen molar-refractivity contribution in [2.45, 2.75) is 34.2 Å². The van der Waals surface area contributed by atoms with Crippen molar-refractivity contribution in [1.82, 2.24) is 24.7 Å². The van der Waals surface area contributed by atoms with Crippen LogP contribution in [0.25, 0.3) is 11.4 Å². The minimum atomic E-state index is 0.451. The number of H-pyrrole nitrogens is 1. The Balaban J connectivity index is 1.67. The molecule has 0 saturated carbocycles. The fourth-order valence-corrected chi connectivity index (χ4v) is 3.61. The van der Waals surface area contributed by atoms with Crippen LogP contribution in [-0.2, 0) is 6.54 Å². The zero-order valence-corrected chi connectivity index (χ0v) is 18.4. The van der Waals surface area contributed by atoms with Gasteiger partial charge in [0.1, 0.15) is 0 Å². The van der Waals surface area contributed by atoms with Crippen LogP contribution < -0.4 is 0 Å². The average molecular weight is 417 g/mol. The second-order valence-corrected chi connectivity index (χ2v) is 7.84. The largest absolute Gasteiger partial charge is 0.265 e. The Morgan fingerprint density at radius 3 is 2.50 bits per heavy atom. The summed E-state index contributed by atoms with van der Waals surface area (Å²) in [6, 6.07) is 16.6. The van der Waals surface area contributed by atoms with Gasteiger partial charge in [0.15, 0.2) is 5.82 Å². The summed E-state index contributed by atoms with van der Waals surface area (Å²) in [7, 11) is 0. The van der Waals surface area contributed by atoms with Gasteiger partial charge < -0.3 is 0 Å². The van der Waals surface area contributed by atoms with E-state index in [1.807, 2.05) is 49.0 Å². The lowest BCUT2D eigenvalue weighted by molar-refractivity contribution is 0.659. The van der Waals surface area contributed by atoms with Crippen LogP contribution in [-0.4, -0.2) is 30.9 Å². The van der Waals surface area contributed by atoms with E-state index in [-0.39, 0.29) is 0 Å². The second kappa shape index (κ2) is 8.20. The minimum Gasteiger partial charge on any atom is -0.265 e. The molecule has 0 radical (unpaired) electrons. The van der Waals surface area contributed by atoms with Crippen molar-refractivity contribution >= 4 is 18.4 Å². The summed E-state index contributed by atoms with van der Waals surface area (Å²) >= 11 is 5.41. The molecule has 0 aliphatic rings. The van der Waals surface area contributed by atoms with Gasteiger partial charge in [0.2, 0.25) is 4.77 Å². The molecule has 0 unspecified atom stereocenters. The van der Waals surface area contributed by atoms with Gasteiger partial charge in [-0.25, -0.2) is 5.10 Å². The third-order valence-electron chi connectivity index (χ3n) is 5.23. The zero-order valence-electron chi connectivity index (χ0n) is 17.5. The molecule has 152 valence electrons. The smallest absolute Gasteiger partial charge is 0.216 e. The number of nitrogens with one attached hydrogen (secondary N) is 1. The lowest BCUT2D eigenvalue weighted by atomic mass is 10.1. The van der Waals surface area contributed by atoms with Crippen LogP contribution in [0, 0.1) is 32.5 Å². The van der Waals surface area contributed by atoms with E-state index >= 15 is 0 Å². The SMILES string of the molecule is Cc1ccc(Cn2nc(C)c(/C=N/n3c(-c4ccccc4C)n[nH]c3=S)c2C)cc1. The number of hydrogen-bond acceptors (Lipinski definition) is 4. The van der Waals surface area contributed by atoms with Crippen molar-refractivity contribution in [3.8, 4) is 11.4 Å². The maximum absolute atomic E-state index is 5.41. The van der Waals surface area contributed by atoms with Crippen molar-refractivity contribution in [1.29, 1.82) is 0 Å². The van der Waals surface area contributed by atoms with Crippen molar-refractivity contribution in [3.63, 3.8) is 0 Å². The van der Waals surface area contributed by atoms with E-state index in [1.165, 1.54) is 11.1 Å². The van der Waals surface area contributed by atoms with Gasteiger partial charge in [-0.1, -0.05) is 54.1 Å². The summed E-state index contributed by atoms with van der Waals surface area (Å²) < 4.78 is 4.12. The lowest BCUT2D eigenvalue weighted by Gasteiger charge is -2.06. The van der Waals surface area contributed by atoms with Gasteiger partial charge in [0.25, 0.3) is 0 Å². The van der Waals surface area contributed by atoms with E-state index < -0.39 is 0 Å². The summed E-state index contributed by atoms with van der Waals surface area (Å²) in [5.41, 5.74) is 7.54. The molecule has 0 spiro atoms. The van der Waals surface area contributed by atoms with Crippen molar-refractivity contribution in [2.75, 3.05) is 0 Å². The van der Waals surface area contributed by atoms with Gasteiger partial charge in [0.05, 0.1) is 18.5 Å². The third kappa shape index (κ3) is 3.89. The van der Waals surface area contributed by atoms with Gasteiger partial charge >= 0.3 is 0 Å². The number of hydrogen-bond donors (Lipinski definition) is 1. The van der Waals surface area contributed by atoms with Crippen LogP contribution in [0.2, 0.25) is 0 Å². The quantitative estimate of drug-likeness (QED) is 0.369. The highest BCUT2D eigenvalue weighted by molar-refractivity contribution is 7.71. The Kier molecular flexibility index (Phi) is 5.46. The van der Waals surface area contributed by atoms with E-state index in [1.54, 1.807) is 4.68 Å². The molecule has 4 aromatic rings. The molecule has 1 N–H and O–H groups in total. The first-order valence-electron chi connectivity index (χ1n) is 9.81. The highest BCUT2D eigenvalue weighted by Gasteiger charge is 2.13. The molecule has 4 rings (SSSR count). The zero-order chi connectivity index (χ0) is 21.3. The first kappa shape index (κ1) is 20.0. The predicted molar refractivity (Wildman–Crippen MR) is 123 cm³/mol. The molecular formula is C23H24N6S. The van der Waals surface area contributed by atoms with E-state index in [4.69, 9.17) is 17.3 Å². The van der Waals surface area contributed by atoms with Gasteiger partial charge in [-0.15, -0.1) is 0 Å². The number of aromatic amines is 1. The third-order valence-corrected chi connectivity index (χ3v) is 5.49. The maximum Gasteiger partial charge on any atom is 0.216 e. The predicted octanol–water partition coefficient (Wildman–Crippen LogP) is 4.97. The van der Waals surface area contributed by atoms with E-state index in [0.717, 1.165) is 34.6 Å². The standard InChI is InChI=1S/C23H24N6S/c1-15-9-11-19(12-10-15)14-28-18(4)21(17(3)27-28)13-24-29-22(25-26-23(29)30)20-8-6-5-7-16(20)2/h5-13H,14H2,1-4H3,(H,26,30)/b24-13+. The Morgan fingerprint density at radius 1 is 1.03 bits per heavy atom. The van der Waals surface area contributed by atoms with Crippen molar-refractivity contribution < 1.29 is 0 Å². The van der Waals surface area contributed by atoms with Gasteiger partial charge in [-0.3, -0.25) is 4.68 Å². The maximum atomic E-state index is 5.41. The molecule has 0 bridgehead atoms. The van der Waals surface area contributed by atoms with Gasteiger partial charge in [-0.2, -0.15) is 20.0 Å². The molecule has 2 aromatic carbocycles. The second-order valence-electron chi connectivity index (χ2n) is 7.45. The Hall–Kier alpha value is -3.32. The number of rotatable bonds is 5. The minimum absolute atomic E-state index is 0.451. The summed E-state index contributed by atoms with van der Waals surface area (Å²) in [4.78, 5) is 0. The van der Waals surface area contributed by atoms with Crippen LogP contribution in [0.3, 0.4) is 0 Å². The molecule has 30 heavy (non-hydrogen) atoms. The van der Waals surface area contributed by atoms with Crippen molar-refractivity contribution in [2.24, 2.45) is 5.10 Å². The Bertz CT molecular complexity index is 1270. The normalized spacial score (nSPS) is 11.5. The molecule has 0 amide bonds. The average Bonchev–Trinajstić information content (AvgIpc) is 3.21. The number of aromatic nitrogens is 5. The molecule has 0 aliphatic carbocycles. The monoisotopic (exact) mass is 416 g/mol. The molecule has 2 heterocycles. The highest BCUT2D eigenvalue weighted by atomic mass is 32.1. The summed E-state index contributed by atoms with van der Waals surface area (Å²) in [6.07, 6.45) is 1.82. The molecule has 0 aliphatic heterocycles. The van der Waals surface area contributed by atoms with Gasteiger partial charge in [-0.05, 0) is 51.0 Å². The molecule has 2 aromatic heterocycles. The Labute approximate surface area is 180 Å². The molecule has 0 fully saturated rings. The van der Waals surface area contributed by atoms with E-state index in [2.05, 4.69) is 53.4 Å². The topological polar surface area (TPSA) is 63.8 Å². The fourth-order valence-electron chi connectivity index (χ4n) is 3.43. The van der Waals surface area contributed by atoms with Crippen LogP contribution in [0.5, 0.6) is 0 Å². The van der Waals surface area contributed by atoms with Crippen LogP contribution in [0.15, 0.2) is 53.6 Å². The van der Waals surface area contributed by atoms with Crippen molar-refractivity contribution in [3.05, 3.63) is 86.9 Å². The Morgan fingerprint density at radius 2 is 1.77 bits per heavy atom. The lowest BCUT2D eigenvalue weighted by Crippen LogP contribution is -2.04. The highest BCUT2D eigenvalue weighted by Crippen LogP contribution is 2.21. The van der Waals surface area contributed by atoms with Crippen LogP contribution >= 0.6 is 12.2 Å². The first-order valence-corrected chi connectivity index (χ1v) is 10.2. The summed E-state index contributed by atoms with van der Waals surface area (Å²) in [5, 5.41) is 16.6.